The van der Waals surface area contributed by atoms with Gasteiger partial charge in [0.2, 0.25) is 0 Å². The minimum atomic E-state index is -0.426. The molecule has 0 radical (unpaired) electrons. The Kier molecular flexibility index (Phi) is 4.20. The highest BCUT2D eigenvalue weighted by atomic mass is 16.5. The van der Waals surface area contributed by atoms with Crippen molar-refractivity contribution in [3.63, 3.8) is 0 Å². The Bertz CT molecular complexity index is 303. The van der Waals surface area contributed by atoms with Crippen LogP contribution in [0.3, 0.4) is 0 Å². The van der Waals surface area contributed by atoms with E-state index in [1.165, 1.54) is 0 Å². The van der Waals surface area contributed by atoms with Crippen LogP contribution in [-0.2, 0) is 0 Å². The summed E-state index contributed by atoms with van der Waals surface area (Å²) in [5, 5.41) is 9.11. The van der Waals surface area contributed by atoms with E-state index in [4.69, 9.17) is 9.84 Å². The van der Waals surface area contributed by atoms with Gasteiger partial charge in [-0.15, -0.1) is 0 Å². The van der Waals surface area contributed by atoms with Gasteiger partial charge in [-0.3, -0.25) is 0 Å². The van der Waals surface area contributed by atoms with Crippen LogP contribution in [0.15, 0.2) is 30.3 Å². The molecule has 0 fully saturated rings. The van der Waals surface area contributed by atoms with Gasteiger partial charge in [-0.1, -0.05) is 30.4 Å². The van der Waals surface area contributed by atoms with Crippen LogP contribution in [0.2, 0.25) is 0 Å². The number of benzene rings is 1. The molecule has 0 aromatic heterocycles. The van der Waals surface area contributed by atoms with Crippen molar-refractivity contribution < 1.29 is 9.84 Å². The molecule has 0 aliphatic rings. The maximum Gasteiger partial charge on any atom is 0.126 e. The smallest absolute Gasteiger partial charge is 0.126 e. The van der Waals surface area contributed by atoms with Gasteiger partial charge in [0.25, 0.3) is 0 Å². The van der Waals surface area contributed by atoms with E-state index >= 15 is 0 Å². The molecule has 0 aliphatic heterocycles. The molecule has 0 heterocycles. The van der Waals surface area contributed by atoms with Crippen molar-refractivity contribution in [3.05, 3.63) is 35.9 Å². The van der Waals surface area contributed by atoms with Crippen LogP contribution in [0, 0.1) is 0 Å². The Hall–Kier alpha value is -1.28. The first-order valence-corrected chi connectivity index (χ1v) is 4.82. The summed E-state index contributed by atoms with van der Waals surface area (Å²) in [5.74, 6) is 0.854. The summed E-state index contributed by atoms with van der Waals surface area (Å²) in [7, 11) is 0. The van der Waals surface area contributed by atoms with E-state index in [9.17, 15) is 0 Å². The number of ether oxygens (including phenoxy) is 1. The third-order valence-corrected chi connectivity index (χ3v) is 1.77. The molecule has 0 spiro atoms. The molecule has 1 aromatic rings. The zero-order chi connectivity index (χ0) is 10.4. The fraction of sp³-hybridized carbons (Fsp3) is 0.333. The summed E-state index contributed by atoms with van der Waals surface area (Å²) < 4.78 is 5.44. The van der Waals surface area contributed by atoms with Gasteiger partial charge in [-0.25, -0.2) is 0 Å². The maximum atomic E-state index is 9.11. The molecule has 1 atom stereocenters. The maximum absolute atomic E-state index is 9.11. The van der Waals surface area contributed by atoms with E-state index < -0.39 is 6.10 Å². The molecule has 0 amide bonds. The Balaban J connectivity index is 2.84. The van der Waals surface area contributed by atoms with Crippen molar-refractivity contribution in [3.8, 4) is 5.75 Å². The lowest BCUT2D eigenvalue weighted by atomic mass is 10.1. The topological polar surface area (TPSA) is 29.5 Å². The van der Waals surface area contributed by atoms with E-state index in [2.05, 4.69) is 0 Å². The summed E-state index contributed by atoms with van der Waals surface area (Å²) in [6.45, 7) is 4.33. The largest absolute Gasteiger partial charge is 0.493 e. The Morgan fingerprint density at radius 3 is 2.79 bits per heavy atom. The molecule has 0 aliphatic carbocycles. The van der Waals surface area contributed by atoms with Gasteiger partial charge in [-0.2, -0.15) is 0 Å². The first-order chi connectivity index (χ1) is 6.74. The lowest BCUT2D eigenvalue weighted by molar-refractivity contribution is 0.245. The summed E-state index contributed by atoms with van der Waals surface area (Å²) >= 11 is 0. The highest BCUT2D eigenvalue weighted by Gasteiger charge is 1.97. The highest BCUT2D eigenvalue weighted by molar-refractivity contribution is 5.57. The molecular formula is C12H16O2. The molecule has 0 saturated carbocycles. The number of rotatable bonds is 4. The third kappa shape index (κ3) is 3.23. The van der Waals surface area contributed by atoms with E-state index in [1.54, 1.807) is 13.0 Å². The Labute approximate surface area is 84.8 Å². The van der Waals surface area contributed by atoms with Crippen molar-refractivity contribution in [2.24, 2.45) is 0 Å². The van der Waals surface area contributed by atoms with Crippen molar-refractivity contribution in [1.82, 2.24) is 0 Å². The van der Waals surface area contributed by atoms with Gasteiger partial charge in [0.05, 0.1) is 12.7 Å². The van der Waals surface area contributed by atoms with E-state index in [1.807, 2.05) is 37.3 Å². The van der Waals surface area contributed by atoms with Gasteiger partial charge in [0, 0.05) is 5.56 Å². The molecule has 1 rings (SSSR count). The monoisotopic (exact) mass is 192 g/mol. The molecule has 2 nitrogen and oxygen atoms in total. The van der Waals surface area contributed by atoms with Crippen molar-refractivity contribution >= 4 is 6.08 Å². The predicted octanol–water partition coefficient (Wildman–Crippen LogP) is 2.48. The zero-order valence-electron chi connectivity index (χ0n) is 8.60. The lowest BCUT2D eigenvalue weighted by Gasteiger charge is -2.06. The zero-order valence-corrected chi connectivity index (χ0v) is 8.60. The molecule has 0 bridgehead atoms. The fourth-order valence-corrected chi connectivity index (χ4v) is 1.15. The summed E-state index contributed by atoms with van der Waals surface area (Å²) in [4.78, 5) is 0. The molecular weight excluding hydrogens is 176 g/mol. The van der Waals surface area contributed by atoms with Crippen LogP contribution < -0.4 is 4.74 Å². The summed E-state index contributed by atoms with van der Waals surface area (Å²) in [5.41, 5.74) is 0.996. The standard InChI is InChI=1S/C12H16O2/c1-3-14-12-7-5-4-6-11(12)9-8-10(2)13/h4-10,13H,3H2,1-2H3/b9-8+. The number of hydrogen-bond acceptors (Lipinski definition) is 2. The van der Waals surface area contributed by atoms with E-state index in [0.29, 0.717) is 6.61 Å². The minimum absolute atomic E-state index is 0.426. The molecule has 2 heteroatoms. The lowest BCUT2D eigenvalue weighted by Crippen LogP contribution is -1.95. The average Bonchev–Trinajstić information content (AvgIpc) is 2.17. The molecule has 14 heavy (non-hydrogen) atoms. The highest BCUT2D eigenvalue weighted by Crippen LogP contribution is 2.19. The Morgan fingerprint density at radius 2 is 2.14 bits per heavy atom. The van der Waals surface area contributed by atoms with Crippen molar-refractivity contribution in [2.45, 2.75) is 20.0 Å². The van der Waals surface area contributed by atoms with Crippen molar-refractivity contribution in [2.75, 3.05) is 6.61 Å². The average molecular weight is 192 g/mol. The van der Waals surface area contributed by atoms with Gasteiger partial charge in [0.15, 0.2) is 0 Å². The quantitative estimate of drug-likeness (QED) is 0.794. The number of aliphatic hydroxyl groups excluding tert-OH is 1. The van der Waals surface area contributed by atoms with E-state index in [0.717, 1.165) is 11.3 Å². The van der Waals surface area contributed by atoms with Gasteiger partial charge in [0.1, 0.15) is 5.75 Å². The van der Waals surface area contributed by atoms with Crippen molar-refractivity contribution in [1.29, 1.82) is 0 Å². The Morgan fingerprint density at radius 1 is 1.43 bits per heavy atom. The molecule has 0 saturated heterocycles. The molecule has 1 aromatic carbocycles. The number of aliphatic hydroxyl groups is 1. The van der Waals surface area contributed by atoms with Gasteiger partial charge >= 0.3 is 0 Å². The normalized spacial score (nSPS) is 13.1. The minimum Gasteiger partial charge on any atom is -0.493 e. The first-order valence-electron chi connectivity index (χ1n) is 4.82. The van der Waals surface area contributed by atoms with Crippen LogP contribution in [0.4, 0.5) is 0 Å². The molecule has 1 N–H and O–H groups in total. The third-order valence-electron chi connectivity index (χ3n) is 1.77. The van der Waals surface area contributed by atoms with Crippen LogP contribution in [-0.4, -0.2) is 17.8 Å². The van der Waals surface area contributed by atoms with Crippen LogP contribution in [0.1, 0.15) is 19.4 Å². The number of hydrogen-bond donors (Lipinski definition) is 1. The predicted molar refractivity (Wildman–Crippen MR) is 58.3 cm³/mol. The van der Waals surface area contributed by atoms with E-state index in [-0.39, 0.29) is 0 Å². The fourth-order valence-electron chi connectivity index (χ4n) is 1.15. The van der Waals surface area contributed by atoms with Gasteiger partial charge < -0.3 is 9.84 Å². The number of para-hydroxylation sites is 1. The van der Waals surface area contributed by atoms with Crippen LogP contribution in [0.5, 0.6) is 5.75 Å². The summed E-state index contributed by atoms with van der Waals surface area (Å²) in [6, 6.07) is 7.77. The molecule has 76 valence electrons. The van der Waals surface area contributed by atoms with Gasteiger partial charge in [-0.05, 0) is 19.9 Å². The second-order valence-corrected chi connectivity index (χ2v) is 3.07. The SMILES string of the molecule is CCOc1ccccc1/C=C/C(C)O. The van der Waals surface area contributed by atoms with Crippen LogP contribution in [0.25, 0.3) is 6.08 Å². The second kappa shape index (κ2) is 5.45. The second-order valence-electron chi connectivity index (χ2n) is 3.07. The first kappa shape index (κ1) is 10.8. The summed E-state index contributed by atoms with van der Waals surface area (Å²) in [6.07, 6.45) is 3.18. The molecule has 1 unspecified atom stereocenters. The van der Waals surface area contributed by atoms with Crippen LogP contribution >= 0.6 is 0 Å².